The third-order valence-electron chi connectivity index (χ3n) is 4.13. The fourth-order valence-corrected chi connectivity index (χ4v) is 2.76. The Bertz CT molecular complexity index is 288. The van der Waals surface area contributed by atoms with Crippen LogP contribution in [0, 0.1) is 5.41 Å². The molecule has 0 bridgehead atoms. The first-order valence-corrected chi connectivity index (χ1v) is 8.63. The van der Waals surface area contributed by atoms with Crippen molar-refractivity contribution in [1.29, 1.82) is 0 Å². The van der Waals surface area contributed by atoms with Gasteiger partial charge in [0.25, 0.3) is 0 Å². The van der Waals surface area contributed by atoms with Gasteiger partial charge >= 0.3 is 0 Å². The molecule has 18 heavy (non-hydrogen) atoms. The van der Waals surface area contributed by atoms with Gasteiger partial charge in [-0.2, -0.15) is 0 Å². The summed E-state index contributed by atoms with van der Waals surface area (Å²) in [7, 11) is -0.694. The van der Waals surface area contributed by atoms with E-state index in [0.29, 0.717) is 22.7 Å². The Balaban J connectivity index is 2.50. The summed E-state index contributed by atoms with van der Waals surface area (Å²) in [6.07, 6.45) is 2.84. The standard InChI is InChI=1S/C14H30N2OS/c1-11-9-15-13(14(3,4)5)10-16(11)8-7-12(2)18(6)17/h11-13,15H,7-10H2,1-6H3. The predicted octanol–water partition coefficient (Wildman–Crippen LogP) is 1.85. The molecule has 0 radical (unpaired) electrons. The molecule has 0 saturated carbocycles. The lowest BCUT2D eigenvalue weighted by Crippen LogP contribution is -2.59. The van der Waals surface area contributed by atoms with Gasteiger partial charge in [0.1, 0.15) is 0 Å². The van der Waals surface area contributed by atoms with Crippen LogP contribution in [0.5, 0.6) is 0 Å². The third kappa shape index (κ3) is 4.63. The molecule has 0 amide bonds. The van der Waals surface area contributed by atoms with Crippen LogP contribution in [0.15, 0.2) is 0 Å². The summed E-state index contributed by atoms with van der Waals surface area (Å²) in [5.41, 5.74) is 0.303. The molecule has 4 unspecified atom stereocenters. The molecular weight excluding hydrogens is 244 g/mol. The largest absolute Gasteiger partial charge is 0.311 e. The van der Waals surface area contributed by atoms with E-state index in [1.807, 2.05) is 6.26 Å². The van der Waals surface area contributed by atoms with Crippen molar-refractivity contribution in [3.63, 3.8) is 0 Å². The summed E-state index contributed by atoms with van der Waals surface area (Å²) in [6, 6.07) is 1.14. The number of nitrogens with zero attached hydrogens (tertiary/aromatic N) is 1. The van der Waals surface area contributed by atoms with Crippen LogP contribution in [0.25, 0.3) is 0 Å². The molecule has 3 nitrogen and oxygen atoms in total. The van der Waals surface area contributed by atoms with Crippen molar-refractivity contribution in [2.45, 2.75) is 58.4 Å². The summed E-state index contributed by atoms with van der Waals surface area (Å²) >= 11 is 0. The predicted molar refractivity (Wildman–Crippen MR) is 80.4 cm³/mol. The van der Waals surface area contributed by atoms with E-state index in [-0.39, 0.29) is 0 Å². The second-order valence-electron chi connectivity index (χ2n) is 6.77. The van der Waals surface area contributed by atoms with E-state index >= 15 is 0 Å². The van der Waals surface area contributed by atoms with E-state index < -0.39 is 10.8 Å². The first-order valence-electron chi connectivity index (χ1n) is 7.01. The van der Waals surface area contributed by atoms with Crippen molar-refractivity contribution in [2.75, 3.05) is 25.9 Å². The average Bonchev–Trinajstić information content (AvgIpc) is 2.25. The van der Waals surface area contributed by atoms with Crippen molar-refractivity contribution < 1.29 is 4.21 Å². The van der Waals surface area contributed by atoms with Crippen molar-refractivity contribution in [3.05, 3.63) is 0 Å². The van der Waals surface area contributed by atoms with Crippen LogP contribution in [-0.4, -0.2) is 52.3 Å². The molecule has 1 saturated heterocycles. The summed E-state index contributed by atoms with van der Waals surface area (Å²) in [5.74, 6) is 0. The fraction of sp³-hybridized carbons (Fsp3) is 1.00. The minimum atomic E-state index is -0.694. The SMILES string of the molecule is CC1CNC(C(C)(C)C)CN1CCC(C)S(C)=O. The lowest BCUT2D eigenvalue weighted by molar-refractivity contribution is 0.0928. The zero-order chi connectivity index (χ0) is 13.9. The van der Waals surface area contributed by atoms with Crippen molar-refractivity contribution in [1.82, 2.24) is 10.2 Å². The number of hydrogen-bond donors (Lipinski definition) is 1. The van der Waals surface area contributed by atoms with Crippen LogP contribution in [-0.2, 0) is 10.8 Å². The molecule has 4 atom stereocenters. The lowest BCUT2D eigenvalue weighted by atomic mass is 9.85. The first kappa shape index (κ1) is 16.1. The van der Waals surface area contributed by atoms with E-state index in [9.17, 15) is 4.21 Å². The second kappa shape index (κ2) is 6.49. The van der Waals surface area contributed by atoms with Crippen LogP contribution in [0.4, 0.5) is 0 Å². The highest BCUT2D eigenvalue weighted by atomic mass is 32.2. The van der Waals surface area contributed by atoms with Crippen LogP contribution in [0.2, 0.25) is 0 Å². The van der Waals surface area contributed by atoms with Gasteiger partial charge in [0.2, 0.25) is 0 Å². The highest BCUT2D eigenvalue weighted by molar-refractivity contribution is 7.84. The summed E-state index contributed by atoms with van der Waals surface area (Å²) < 4.78 is 11.4. The third-order valence-corrected chi connectivity index (χ3v) is 5.50. The molecule has 4 heteroatoms. The Morgan fingerprint density at radius 3 is 2.56 bits per heavy atom. The van der Waals surface area contributed by atoms with Crippen LogP contribution >= 0.6 is 0 Å². The topological polar surface area (TPSA) is 32.3 Å². The Morgan fingerprint density at radius 2 is 2.06 bits per heavy atom. The smallest absolute Gasteiger partial charge is 0.0329 e. The lowest BCUT2D eigenvalue weighted by Gasteiger charge is -2.44. The van der Waals surface area contributed by atoms with Crippen molar-refractivity contribution in [2.24, 2.45) is 5.41 Å². The molecule has 0 aromatic carbocycles. The minimum absolute atomic E-state index is 0.303. The minimum Gasteiger partial charge on any atom is -0.311 e. The maximum Gasteiger partial charge on any atom is 0.0329 e. The highest BCUT2D eigenvalue weighted by Gasteiger charge is 2.32. The van der Waals surface area contributed by atoms with E-state index in [1.165, 1.54) is 0 Å². The molecule has 1 N–H and O–H groups in total. The van der Waals surface area contributed by atoms with Crippen molar-refractivity contribution >= 4 is 10.8 Å². The fourth-order valence-electron chi connectivity index (χ4n) is 2.33. The molecule has 1 aliphatic rings. The zero-order valence-electron chi connectivity index (χ0n) is 12.8. The van der Waals surface area contributed by atoms with E-state index in [2.05, 4.69) is 44.8 Å². The van der Waals surface area contributed by atoms with Gasteiger partial charge in [0, 0.05) is 47.5 Å². The molecule has 0 spiro atoms. The normalized spacial score (nSPS) is 30.1. The number of hydrogen-bond acceptors (Lipinski definition) is 3. The Hall–Kier alpha value is 0.0700. The molecule has 0 aliphatic carbocycles. The molecule has 0 aromatic heterocycles. The Labute approximate surface area is 115 Å². The summed E-state index contributed by atoms with van der Waals surface area (Å²) in [4.78, 5) is 2.55. The number of piperazine rings is 1. The maximum absolute atomic E-state index is 11.4. The van der Waals surface area contributed by atoms with E-state index in [0.717, 1.165) is 26.1 Å². The average molecular weight is 274 g/mol. The Morgan fingerprint density at radius 1 is 1.44 bits per heavy atom. The van der Waals surface area contributed by atoms with Gasteiger partial charge in [-0.25, -0.2) is 0 Å². The Kier molecular flexibility index (Phi) is 5.81. The van der Waals surface area contributed by atoms with Gasteiger partial charge in [-0.15, -0.1) is 0 Å². The molecule has 1 heterocycles. The van der Waals surface area contributed by atoms with Crippen LogP contribution in [0.1, 0.15) is 41.0 Å². The molecule has 1 fully saturated rings. The zero-order valence-corrected chi connectivity index (χ0v) is 13.6. The van der Waals surface area contributed by atoms with Gasteiger partial charge in [-0.1, -0.05) is 27.7 Å². The molecule has 0 aromatic rings. The molecule has 108 valence electrons. The van der Waals surface area contributed by atoms with Crippen LogP contribution < -0.4 is 5.32 Å². The molecule has 1 aliphatic heterocycles. The summed E-state index contributed by atoms with van der Waals surface area (Å²) in [5, 5.41) is 3.95. The summed E-state index contributed by atoms with van der Waals surface area (Å²) in [6.45, 7) is 14.5. The first-order chi connectivity index (χ1) is 8.21. The quantitative estimate of drug-likeness (QED) is 0.849. The van der Waals surface area contributed by atoms with E-state index in [1.54, 1.807) is 0 Å². The number of rotatable bonds is 4. The monoisotopic (exact) mass is 274 g/mol. The van der Waals surface area contributed by atoms with Gasteiger partial charge in [0.05, 0.1) is 0 Å². The van der Waals surface area contributed by atoms with Gasteiger partial charge < -0.3 is 5.32 Å². The van der Waals surface area contributed by atoms with E-state index in [4.69, 9.17) is 0 Å². The van der Waals surface area contributed by atoms with Crippen LogP contribution in [0.3, 0.4) is 0 Å². The molecular formula is C14H30N2OS. The highest BCUT2D eigenvalue weighted by Crippen LogP contribution is 2.23. The second-order valence-corrected chi connectivity index (χ2v) is 8.57. The van der Waals surface area contributed by atoms with Gasteiger partial charge in [-0.3, -0.25) is 9.11 Å². The molecule has 1 rings (SSSR count). The van der Waals surface area contributed by atoms with Gasteiger partial charge in [-0.05, 0) is 25.3 Å². The van der Waals surface area contributed by atoms with Gasteiger partial charge in [0.15, 0.2) is 0 Å². The van der Waals surface area contributed by atoms with Crippen molar-refractivity contribution in [3.8, 4) is 0 Å². The number of nitrogens with one attached hydrogen (secondary N) is 1. The maximum atomic E-state index is 11.4.